The molecule has 0 radical (unpaired) electrons. The average molecular weight is 217 g/mol. The molecule has 0 aromatic heterocycles. The van der Waals surface area contributed by atoms with Crippen LogP contribution in [-0.4, -0.2) is 13.1 Å². The molecule has 1 heterocycles. The van der Waals surface area contributed by atoms with Gasteiger partial charge in [0.15, 0.2) is 0 Å². The molecule has 1 atom stereocenters. The van der Waals surface area contributed by atoms with Gasteiger partial charge in [-0.15, -0.1) is 0 Å². The zero-order chi connectivity index (χ0) is 11.4. The SMILES string of the molecule is CC(C)Cc1ccc(C2CCCNC2)cc1. The third kappa shape index (κ3) is 3.08. The fourth-order valence-corrected chi connectivity index (χ4v) is 2.53. The van der Waals surface area contributed by atoms with Crippen LogP contribution in [-0.2, 0) is 6.42 Å². The molecule has 1 saturated heterocycles. The molecule has 1 nitrogen and oxygen atoms in total. The van der Waals surface area contributed by atoms with E-state index < -0.39 is 0 Å². The van der Waals surface area contributed by atoms with Gasteiger partial charge >= 0.3 is 0 Å². The highest BCUT2D eigenvalue weighted by Crippen LogP contribution is 2.23. The normalized spacial score (nSPS) is 21.3. The van der Waals surface area contributed by atoms with Crippen molar-refractivity contribution in [3.05, 3.63) is 35.4 Å². The van der Waals surface area contributed by atoms with Crippen molar-refractivity contribution in [3.8, 4) is 0 Å². The van der Waals surface area contributed by atoms with Crippen LogP contribution in [0.15, 0.2) is 24.3 Å². The zero-order valence-electron chi connectivity index (χ0n) is 10.5. The lowest BCUT2D eigenvalue weighted by Gasteiger charge is -2.23. The maximum absolute atomic E-state index is 3.48. The summed E-state index contributed by atoms with van der Waals surface area (Å²) in [5.41, 5.74) is 2.99. The van der Waals surface area contributed by atoms with E-state index in [1.807, 2.05) is 0 Å². The minimum absolute atomic E-state index is 0.738. The zero-order valence-corrected chi connectivity index (χ0v) is 10.5. The van der Waals surface area contributed by atoms with Crippen LogP contribution >= 0.6 is 0 Å². The van der Waals surface area contributed by atoms with E-state index in [4.69, 9.17) is 0 Å². The molecule has 1 fully saturated rings. The molecule has 0 spiro atoms. The summed E-state index contributed by atoms with van der Waals surface area (Å²) in [7, 11) is 0. The average Bonchev–Trinajstić information content (AvgIpc) is 2.30. The number of nitrogens with one attached hydrogen (secondary N) is 1. The Bertz CT molecular complexity index is 307. The first kappa shape index (κ1) is 11.7. The molecular formula is C15H23N. The van der Waals surface area contributed by atoms with E-state index in [1.54, 1.807) is 0 Å². The van der Waals surface area contributed by atoms with Crippen LogP contribution in [0.1, 0.15) is 43.7 Å². The van der Waals surface area contributed by atoms with Gasteiger partial charge in [-0.1, -0.05) is 38.1 Å². The van der Waals surface area contributed by atoms with Crippen LogP contribution in [0, 0.1) is 5.92 Å². The Hall–Kier alpha value is -0.820. The van der Waals surface area contributed by atoms with Gasteiger partial charge in [-0.25, -0.2) is 0 Å². The Morgan fingerprint density at radius 3 is 2.56 bits per heavy atom. The highest BCUT2D eigenvalue weighted by Gasteiger charge is 2.14. The fourth-order valence-electron chi connectivity index (χ4n) is 2.53. The Morgan fingerprint density at radius 2 is 2.00 bits per heavy atom. The third-order valence-corrected chi connectivity index (χ3v) is 3.39. The fraction of sp³-hybridized carbons (Fsp3) is 0.600. The van der Waals surface area contributed by atoms with Crippen LogP contribution in [0.3, 0.4) is 0 Å². The quantitative estimate of drug-likeness (QED) is 0.818. The second kappa shape index (κ2) is 5.49. The number of benzene rings is 1. The Balaban J connectivity index is 2.00. The molecular weight excluding hydrogens is 194 g/mol. The first-order valence-corrected chi connectivity index (χ1v) is 6.55. The monoisotopic (exact) mass is 217 g/mol. The van der Waals surface area contributed by atoms with Gasteiger partial charge in [0.1, 0.15) is 0 Å². The maximum atomic E-state index is 3.48. The van der Waals surface area contributed by atoms with Gasteiger partial charge in [-0.2, -0.15) is 0 Å². The molecule has 1 aromatic carbocycles. The van der Waals surface area contributed by atoms with Crippen molar-refractivity contribution in [1.29, 1.82) is 0 Å². The number of piperidine rings is 1. The van der Waals surface area contributed by atoms with E-state index in [2.05, 4.69) is 43.4 Å². The molecule has 88 valence electrons. The molecule has 2 rings (SSSR count). The predicted molar refractivity (Wildman–Crippen MR) is 69.8 cm³/mol. The van der Waals surface area contributed by atoms with Crippen LogP contribution < -0.4 is 5.32 Å². The molecule has 0 aliphatic carbocycles. The Morgan fingerprint density at radius 1 is 1.25 bits per heavy atom. The summed E-state index contributed by atoms with van der Waals surface area (Å²) in [5, 5.41) is 3.48. The predicted octanol–water partition coefficient (Wildman–Crippen LogP) is 3.35. The van der Waals surface area contributed by atoms with E-state index in [1.165, 1.54) is 36.9 Å². The van der Waals surface area contributed by atoms with Gasteiger partial charge in [-0.3, -0.25) is 0 Å². The van der Waals surface area contributed by atoms with E-state index in [0.29, 0.717) is 0 Å². The van der Waals surface area contributed by atoms with Crippen molar-refractivity contribution in [2.24, 2.45) is 5.92 Å². The van der Waals surface area contributed by atoms with Crippen LogP contribution in [0.5, 0.6) is 0 Å². The highest BCUT2D eigenvalue weighted by molar-refractivity contribution is 5.26. The van der Waals surface area contributed by atoms with Crippen LogP contribution in [0.2, 0.25) is 0 Å². The summed E-state index contributed by atoms with van der Waals surface area (Å²) in [6.07, 6.45) is 3.86. The van der Waals surface area contributed by atoms with E-state index in [0.717, 1.165) is 18.4 Å². The van der Waals surface area contributed by atoms with Gasteiger partial charge < -0.3 is 5.32 Å². The topological polar surface area (TPSA) is 12.0 Å². The van der Waals surface area contributed by atoms with E-state index in [9.17, 15) is 0 Å². The van der Waals surface area contributed by atoms with Gasteiger partial charge in [0.25, 0.3) is 0 Å². The summed E-state index contributed by atoms with van der Waals surface area (Å²) in [4.78, 5) is 0. The first-order chi connectivity index (χ1) is 7.75. The summed E-state index contributed by atoms with van der Waals surface area (Å²) >= 11 is 0. The van der Waals surface area contributed by atoms with Crippen LogP contribution in [0.4, 0.5) is 0 Å². The molecule has 0 saturated carbocycles. The van der Waals surface area contributed by atoms with Crippen molar-refractivity contribution in [1.82, 2.24) is 5.32 Å². The molecule has 16 heavy (non-hydrogen) atoms. The molecule has 1 aromatic rings. The summed E-state index contributed by atoms with van der Waals surface area (Å²) in [6, 6.07) is 9.28. The number of hydrogen-bond donors (Lipinski definition) is 1. The summed E-state index contributed by atoms with van der Waals surface area (Å²) in [5.74, 6) is 1.49. The molecule has 1 N–H and O–H groups in total. The number of hydrogen-bond acceptors (Lipinski definition) is 1. The molecule has 1 aliphatic rings. The van der Waals surface area contributed by atoms with Crippen molar-refractivity contribution < 1.29 is 0 Å². The first-order valence-electron chi connectivity index (χ1n) is 6.55. The third-order valence-electron chi connectivity index (χ3n) is 3.39. The minimum atomic E-state index is 0.738. The van der Waals surface area contributed by atoms with Gasteiger partial charge in [0.05, 0.1) is 0 Å². The lowest BCUT2D eigenvalue weighted by molar-refractivity contribution is 0.461. The second-order valence-corrected chi connectivity index (χ2v) is 5.38. The maximum Gasteiger partial charge on any atom is 0.00201 e. The van der Waals surface area contributed by atoms with E-state index in [-0.39, 0.29) is 0 Å². The second-order valence-electron chi connectivity index (χ2n) is 5.38. The van der Waals surface area contributed by atoms with Gasteiger partial charge in [0, 0.05) is 6.54 Å². The van der Waals surface area contributed by atoms with Crippen molar-refractivity contribution in [3.63, 3.8) is 0 Å². The van der Waals surface area contributed by atoms with Crippen molar-refractivity contribution in [2.45, 2.75) is 39.0 Å². The lowest BCUT2D eigenvalue weighted by atomic mass is 9.90. The van der Waals surface area contributed by atoms with Crippen molar-refractivity contribution >= 4 is 0 Å². The van der Waals surface area contributed by atoms with Gasteiger partial charge in [0.2, 0.25) is 0 Å². The lowest BCUT2D eigenvalue weighted by Crippen LogP contribution is -2.28. The molecule has 1 heteroatoms. The van der Waals surface area contributed by atoms with Gasteiger partial charge in [-0.05, 0) is 48.8 Å². The molecule has 1 unspecified atom stereocenters. The summed E-state index contributed by atoms with van der Waals surface area (Å²) < 4.78 is 0. The molecule has 0 amide bonds. The Labute approximate surface area is 99.3 Å². The van der Waals surface area contributed by atoms with Crippen molar-refractivity contribution in [2.75, 3.05) is 13.1 Å². The van der Waals surface area contributed by atoms with Crippen LogP contribution in [0.25, 0.3) is 0 Å². The minimum Gasteiger partial charge on any atom is -0.316 e. The molecule has 0 bridgehead atoms. The molecule has 1 aliphatic heterocycles. The van der Waals surface area contributed by atoms with E-state index >= 15 is 0 Å². The summed E-state index contributed by atoms with van der Waals surface area (Å²) in [6.45, 7) is 6.91. The largest absolute Gasteiger partial charge is 0.316 e. The smallest absolute Gasteiger partial charge is 0.00201 e. The number of rotatable bonds is 3. The standard InChI is InChI=1S/C15H23N/c1-12(2)10-13-5-7-14(8-6-13)15-4-3-9-16-11-15/h5-8,12,15-16H,3-4,9-11H2,1-2H3. The Kier molecular flexibility index (Phi) is 4.00. The highest BCUT2D eigenvalue weighted by atomic mass is 14.9.